The van der Waals surface area contributed by atoms with E-state index in [0.717, 1.165) is 18.2 Å². The molecule has 0 aromatic carbocycles. The summed E-state index contributed by atoms with van der Waals surface area (Å²) in [6, 6.07) is 1.89. The number of nitrogens with two attached hydrogens (primary N) is 1. The molecule has 1 rings (SSSR count). The van der Waals surface area contributed by atoms with Crippen LogP contribution in [0.25, 0.3) is 0 Å². The first-order valence-electron chi connectivity index (χ1n) is 5.06. The molecule has 0 unspecified atom stereocenters. The molecule has 5 nitrogen and oxygen atoms in total. The Kier molecular flexibility index (Phi) is 3.71. The summed E-state index contributed by atoms with van der Waals surface area (Å²) in [5.74, 6) is 2.48. The molecule has 0 aliphatic rings. The second-order valence-corrected chi connectivity index (χ2v) is 3.99. The van der Waals surface area contributed by atoms with Crippen LogP contribution in [0.4, 0.5) is 17.6 Å². The van der Waals surface area contributed by atoms with Crippen molar-refractivity contribution in [3.05, 3.63) is 6.07 Å². The Bertz CT molecular complexity index is 324. The third kappa shape index (κ3) is 3.27. The lowest BCUT2D eigenvalue weighted by atomic mass is 10.2. The highest BCUT2D eigenvalue weighted by Gasteiger charge is 2.07. The zero-order valence-corrected chi connectivity index (χ0v) is 9.78. The summed E-state index contributed by atoms with van der Waals surface area (Å²) in [4.78, 5) is 10.3. The number of rotatable bonds is 4. The molecule has 3 N–H and O–H groups in total. The maximum Gasteiger partial charge on any atom is 0.223 e. The maximum absolute atomic E-state index is 5.61. The molecule has 0 fully saturated rings. The number of nitrogens with zero attached hydrogens (tertiary/aromatic N) is 3. The van der Waals surface area contributed by atoms with Gasteiger partial charge in [-0.05, 0) is 5.92 Å². The molecule has 5 heteroatoms. The second kappa shape index (κ2) is 4.82. The van der Waals surface area contributed by atoms with Crippen molar-refractivity contribution in [2.75, 3.05) is 36.6 Å². The van der Waals surface area contributed by atoms with E-state index in [-0.39, 0.29) is 0 Å². The molecule has 0 aliphatic carbocycles. The van der Waals surface area contributed by atoms with Gasteiger partial charge in [0.1, 0.15) is 11.6 Å². The SMILES string of the molecule is CNc1cc(N(C)CC(C)C)nc(N)n1. The predicted molar refractivity (Wildman–Crippen MR) is 64.1 cm³/mol. The second-order valence-electron chi connectivity index (χ2n) is 3.99. The highest BCUT2D eigenvalue weighted by atomic mass is 15.2. The van der Waals surface area contributed by atoms with Crippen molar-refractivity contribution in [2.45, 2.75) is 13.8 Å². The zero-order chi connectivity index (χ0) is 11.4. The first kappa shape index (κ1) is 11.6. The van der Waals surface area contributed by atoms with E-state index in [4.69, 9.17) is 5.73 Å². The van der Waals surface area contributed by atoms with Crippen LogP contribution in [0.1, 0.15) is 13.8 Å². The molecule has 0 atom stereocenters. The standard InChI is InChI=1S/C10H19N5/c1-7(2)6-15(4)9-5-8(12-3)13-10(11)14-9/h5,7H,6H2,1-4H3,(H3,11,12,13,14). The minimum atomic E-state index is 0.299. The van der Waals surface area contributed by atoms with E-state index >= 15 is 0 Å². The highest BCUT2D eigenvalue weighted by molar-refractivity contribution is 5.51. The van der Waals surface area contributed by atoms with Crippen molar-refractivity contribution in [3.63, 3.8) is 0 Å². The van der Waals surface area contributed by atoms with Gasteiger partial charge >= 0.3 is 0 Å². The lowest BCUT2D eigenvalue weighted by molar-refractivity contribution is 0.634. The Morgan fingerprint density at radius 3 is 2.67 bits per heavy atom. The number of anilines is 3. The smallest absolute Gasteiger partial charge is 0.223 e. The molecule has 0 amide bonds. The van der Waals surface area contributed by atoms with E-state index in [9.17, 15) is 0 Å². The zero-order valence-electron chi connectivity index (χ0n) is 9.78. The van der Waals surface area contributed by atoms with Gasteiger partial charge in [-0.15, -0.1) is 0 Å². The van der Waals surface area contributed by atoms with Crippen LogP contribution in [0.5, 0.6) is 0 Å². The van der Waals surface area contributed by atoms with Crippen molar-refractivity contribution in [1.29, 1.82) is 0 Å². The molecular weight excluding hydrogens is 190 g/mol. The van der Waals surface area contributed by atoms with Crippen LogP contribution in [0, 0.1) is 5.92 Å². The van der Waals surface area contributed by atoms with Gasteiger partial charge in [0.15, 0.2) is 0 Å². The number of hydrogen-bond acceptors (Lipinski definition) is 5. The van der Waals surface area contributed by atoms with Crippen molar-refractivity contribution < 1.29 is 0 Å². The van der Waals surface area contributed by atoms with Crippen molar-refractivity contribution in [1.82, 2.24) is 9.97 Å². The van der Waals surface area contributed by atoms with Crippen LogP contribution in [-0.2, 0) is 0 Å². The molecule has 0 saturated heterocycles. The largest absolute Gasteiger partial charge is 0.373 e. The summed E-state index contributed by atoms with van der Waals surface area (Å²) in [7, 11) is 3.81. The monoisotopic (exact) mass is 209 g/mol. The van der Waals surface area contributed by atoms with Gasteiger partial charge in [-0.3, -0.25) is 0 Å². The molecule has 0 aliphatic heterocycles. The van der Waals surface area contributed by atoms with Crippen LogP contribution in [-0.4, -0.2) is 30.6 Å². The van der Waals surface area contributed by atoms with Crippen molar-refractivity contribution in [3.8, 4) is 0 Å². The number of nitrogen functional groups attached to an aromatic ring is 1. The lowest BCUT2D eigenvalue weighted by Crippen LogP contribution is -2.24. The maximum atomic E-state index is 5.61. The Balaban J connectivity index is 2.88. The van der Waals surface area contributed by atoms with Gasteiger partial charge in [-0.1, -0.05) is 13.8 Å². The van der Waals surface area contributed by atoms with Crippen LogP contribution in [0.15, 0.2) is 6.07 Å². The van der Waals surface area contributed by atoms with Gasteiger partial charge in [-0.25, -0.2) is 0 Å². The summed E-state index contributed by atoms with van der Waals surface area (Å²) in [6.45, 7) is 5.28. The van der Waals surface area contributed by atoms with Gasteiger partial charge in [0.05, 0.1) is 0 Å². The molecule has 1 heterocycles. The van der Waals surface area contributed by atoms with Crippen LogP contribution in [0.3, 0.4) is 0 Å². The Labute approximate surface area is 90.7 Å². The van der Waals surface area contributed by atoms with E-state index in [1.807, 2.05) is 20.2 Å². The summed E-state index contributed by atoms with van der Waals surface area (Å²) >= 11 is 0. The summed E-state index contributed by atoms with van der Waals surface area (Å²) in [5.41, 5.74) is 5.61. The topological polar surface area (TPSA) is 67.1 Å². The molecule has 0 saturated carbocycles. The fourth-order valence-electron chi connectivity index (χ4n) is 1.42. The van der Waals surface area contributed by atoms with E-state index in [0.29, 0.717) is 11.9 Å². The predicted octanol–water partition coefficient (Wildman–Crippen LogP) is 1.19. The molecule has 1 aromatic rings. The fourth-order valence-corrected chi connectivity index (χ4v) is 1.42. The van der Waals surface area contributed by atoms with Crippen LogP contribution in [0.2, 0.25) is 0 Å². The molecule has 0 bridgehead atoms. The average molecular weight is 209 g/mol. The van der Waals surface area contributed by atoms with E-state index in [2.05, 4.69) is 34.0 Å². The van der Waals surface area contributed by atoms with Crippen LogP contribution < -0.4 is 16.0 Å². The molecular formula is C10H19N5. The minimum absolute atomic E-state index is 0.299. The van der Waals surface area contributed by atoms with E-state index in [1.54, 1.807) is 0 Å². The first-order valence-corrected chi connectivity index (χ1v) is 5.06. The Morgan fingerprint density at radius 1 is 1.47 bits per heavy atom. The lowest BCUT2D eigenvalue weighted by Gasteiger charge is -2.20. The summed E-state index contributed by atoms with van der Waals surface area (Å²) < 4.78 is 0. The van der Waals surface area contributed by atoms with Crippen molar-refractivity contribution in [2.24, 2.45) is 5.92 Å². The number of aromatic nitrogens is 2. The molecule has 0 spiro atoms. The fraction of sp³-hybridized carbons (Fsp3) is 0.600. The van der Waals surface area contributed by atoms with Crippen molar-refractivity contribution >= 4 is 17.6 Å². The van der Waals surface area contributed by atoms with Gasteiger partial charge in [0, 0.05) is 26.7 Å². The highest BCUT2D eigenvalue weighted by Crippen LogP contribution is 2.16. The quantitative estimate of drug-likeness (QED) is 0.779. The van der Waals surface area contributed by atoms with Crippen LogP contribution >= 0.6 is 0 Å². The minimum Gasteiger partial charge on any atom is -0.373 e. The average Bonchev–Trinajstić information content (AvgIpc) is 2.15. The Morgan fingerprint density at radius 2 is 2.13 bits per heavy atom. The Hall–Kier alpha value is -1.52. The third-order valence-electron chi connectivity index (χ3n) is 2.02. The van der Waals surface area contributed by atoms with E-state index in [1.165, 1.54) is 0 Å². The molecule has 15 heavy (non-hydrogen) atoms. The van der Waals surface area contributed by atoms with Gasteiger partial charge in [-0.2, -0.15) is 9.97 Å². The van der Waals surface area contributed by atoms with Gasteiger partial charge in [0.2, 0.25) is 5.95 Å². The normalized spacial score (nSPS) is 10.5. The van der Waals surface area contributed by atoms with Gasteiger partial charge in [0.25, 0.3) is 0 Å². The first-order chi connectivity index (χ1) is 7.02. The number of hydrogen-bond donors (Lipinski definition) is 2. The summed E-state index contributed by atoms with van der Waals surface area (Å²) in [5, 5.41) is 2.96. The molecule has 0 radical (unpaired) electrons. The third-order valence-corrected chi connectivity index (χ3v) is 2.02. The number of nitrogens with one attached hydrogen (secondary N) is 1. The van der Waals surface area contributed by atoms with Gasteiger partial charge < -0.3 is 16.0 Å². The molecule has 84 valence electrons. The summed E-state index contributed by atoms with van der Waals surface area (Å²) in [6.07, 6.45) is 0. The molecule has 1 aromatic heterocycles. The van der Waals surface area contributed by atoms with E-state index < -0.39 is 0 Å².